The Labute approximate surface area is 98.7 Å². The van der Waals surface area contributed by atoms with Crippen molar-refractivity contribution < 1.29 is 24.2 Å². The fourth-order valence-corrected chi connectivity index (χ4v) is 0.892. The molecule has 0 saturated carbocycles. The zero-order valence-electron chi connectivity index (χ0n) is 9.85. The first kappa shape index (κ1) is 14.8. The Hall–Kier alpha value is -2.16. The van der Waals surface area contributed by atoms with Gasteiger partial charge in [0.15, 0.2) is 5.78 Å². The molecular weight excluding hydrogens is 226 g/mol. The first-order valence-electron chi connectivity index (χ1n) is 4.93. The summed E-state index contributed by atoms with van der Waals surface area (Å²) >= 11 is 0. The average Bonchev–Trinajstić information content (AvgIpc) is 2.26. The Bertz CT molecular complexity index is 391. The van der Waals surface area contributed by atoms with E-state index in [2.05, 4.69) is 9.78 Å². The molecule has 0 N–H and O–H groups in total. The smallest absolute Gasteiger partial charge is 0.298 e. The quantitative estimate of drug-likeness (QED) is 0.315. The molecule has 0 fully saturated rings. The molecule has 1 atom stereocenters. The van der Waals surface area contributed by atoms with Gasteiger partial charge in [0.25, 0.3) is 0 Å². The molecule has 0 aliphatic rings. The number of hydrogen-bond acceptors (Lipinski definition) is 6. The fourth-order valence-electron chi connectivity index (χ4n) is 0.892. The van der Waals surface area contributed by atoms with Crippen LogP contribution in [0.1, 0.15) is 27.2 Å². The zero-order chi connectivity index (χ0) is 13.4. The maximum Gasteiger partial charge on any atom is 0.381 e. The molecule has 1 unspecified atom stereocenters. The van der Waals surface area contributed by atoms with Gasteiger partial charge in [0.2, 0.25) is 5.92 Å². The minimum absolute atomic E-state index is 0.275. The van der Waals surface area contributed by atoms with Gasteiger partial charge in [0, 0.05) is 5.57 Å². The lowest BCUT2D eigenvalue weighted by atomic mass is 10.1. The van der Waals surface area contributed by atoms with E-state index in [4.69, 9.17) is 5.26 Å². The molecule has 0 aliphatic carbocycles. The lowest BCUT2D eigenvalue weighted by Gasteiger charge is -2.04. The molecule has 0 aromatic carbocycles. The highest BCUT2D eigenvalue weighted by atomic mass is 17.2. The van der Waals surface area contributed by atoms with Crippen LogP contribution in [0.2, 0.25) is 0 Å². The van der Waals surface area contributed by atoms with Gasteiger partial charge >= 0.3 is 11.9 Å². The van der Waals surface area contributed by atoms with Crippen molar-refractivity contribution in [2.24, 2.45) is 5.92 Å². The summed E-state index contributed by atoms with van der Waals surface area (Å²) in [6.45, 7) is 4.38. The Morgan fingerprint density at radius 3 is 2.29 bits per heavy atom. The molecule has 0 aromatic heterocycles. The third kappa shape index (κ3) is 4.93. The van der Waals surface area contributed by atoms with Crippen LogP contribution in [-0.2, 0) is 24.2 Å². The van der Waals surface area contributed by atoms with E-state index in [0.29, 0.717) is 6.42 Å². The SMILES string of the molecule is CCC=C(C)C(=O)OOC(=O)C(C#N)C(C)=O. The van der Waals surface area contributed by atoms with Crippen LogP contribution in [0.4, 0.5) is 0 Å². The lowest BCUT2D eigenvalue weighted by Crippen LogP contribution is -2.24. The second-order valence-corrected chi connectivity index (χ2v) is 3.24. The summed E-state index contributed by atoms with van der Waals surface area (Å²) in [5, 5.41) is 8.50. The Morgan fingerprint density at radius 1 is 1.29 bits per heavy atom. The maximum atomic E-state index is 11.2. The molecule has 6 nitrogen and oxygen atoms in total. The summed E-state index contributed by atoms with van der Waals surface area (Å²) in [5.74, 6) is -4.27. The second kappa shape index (κ2) is 7.17. The third-order valence-corrected chi connectivity index (χ3v) is 1.80. The number of carbonyl (C=O) groups excluding carboxylic acids is 3. The maximum absolute atomic E-state index is 11.2. The highest BCUT2D eigenvalue weighted by Crippen LogP contribution is 2.04. The minimum Gasteiger partial charge on any atom is -0.298 e. The summed E-state index contributed by atoms with van der Waals surface area (Å²) in [5.41, 5.74) is 0.275. The lowest BCUT2D eigenvalue weighted by molar-refractivity contribution is -0.257. The van der Waals surface area contributed by atoms with Crippen LogP contribution < -0.4 is 0 Å². The van der Waals surface area contributed by atoms with Gasteiger partial charge < -0.3 is 0 Å². The van der Waals surface area contributed by atoms with Gasteiger partial charge in [-0.05, 0) is 20.3 Å². The van der Waals surface area contributed by atoms with Crippen LogP contribution in [0.15, 0.2) is 11.6 Å². The van der Waals surface area contributed by atoms with E-state index in [0.717, 1.165) is 6.92 Å². The molecule has 0 aliphatic heterocycles. The van der Waals surface area contributed by atoms with E-state index in [1.807, 2.05) is 6.92 Å². The molecule has 0 heterocycles. The van der Waals surface area contributed by atoms with Crippen molar-refractivity contribution in [1.29, 1.82) is 5.26 Å². The molecule has 92 valence electrons. The van der Waals surface area contributed by atoms with Crippen LogP contribution in [0.5, 0.6) is 0 Å². The molecule has 0 aromatic rings. The van der Waals surface area contributed by atoms with E-state index in [1.165, 1.54) is 13.0 Å². The van der Waals surface area contributed by atoms with E-state index in [-0.39, 0.29) is 5.57 Å². The van der Waals surface area contributed by atoms with E-state index >= 15 is 0 Å². The van der Waals surface area contributed by atoms with Gasteiger partial charge in [-0.3, -0.25) is 4.79 Å². The van der Waals surface area contributed by atoms with E-state index < -0.39 is 23.6 Å². The number of carbonyl (C=O) groups is 3. The highest BCUT2D eigenvalue weighted by molar-refractivity contribution is 6.00. The Morgan fingerprint density at radius 2 is 1.88 bits per heavy atom. The monoisotopic (exact) mass is 239 g/mol. The highest BCUT2D eigenvalue weighted by Gasteiger charge is 2.27. The van der Waals surface area contributed by atoms with Crippen LogP contribution in [0, 0.1) is 17.2 Å². The summed E-state index contributed by atoms with van der Waals surface area (Å²) < 4.78 is 0. The topological polar surface area (TPSA) is 93.5 Å². The molecule has 17 heavy (non-hydrogen) atoms. The number of allylic oxidation sites excluding steroid dienone is 1. The van der Waals surface area contributed by atoms with E-state index in [9.17, 15) is 14.4 Å². The average molecular weight is 239 g/mol. The van der Waals surface area contributed by atoms with Gasteiger partial charge in [0.1, 0.15) is 0 Å². The third-order valence-electron chi connectivity index (χ3n) is 1.80. The number of rotatable bonds is 4. The van der Waals surface area contributed by atoms with Gasteiger partial charge in [-0.15, -0.1) is 0 Å². The van der Waals surface area contributed by atoms with Crippen LogP contribution in [0.3, 0.4) is 0 Å². The van der Waals surface area contributed by atoms with Crippen molar-refractivity contribution in [3.05, 3.63) is 11.6 Å². The van der Waals surface area contributed by atoms with Crippen molar-refractivity contribution in [2.75, 3.05) is 0 Å². The zero-order valence-corrected chi connectivity index (χ0v) is 9.85. The summed E-state index contributed by atoms with van der Waals surface area (Å²) in [6, 6.07) is 1.45. The molecule has 6 heteroatoms. The van der Waals surface area contributed by atoms with Gasteiger partial charge in [-0.2, -0.15) is 5.26 Å². The Balaban J connectivity index is 4.36. The van der Waals surface area contributed by atoms with Gasteiger partial charge in [0.05, 0.1) is 6.07 Å². The molecule has 0 amide bonds. The van der Waals surface area contributed by atoms with Crippen molar-refractivity contribution in [1.82, 2.24) is 0 Å². The second-order valence-electron chi connectivity index (χ2n) is 3.24. The molecule has 0 saturated heterocycles. The van der Waals surface area contributed by atoms with Crippen LogP contribution >= 0.6 is 0 Å². The van der Waals surface area contributed by atoms with Crippen molar-refractivity contribution in [3.63, 3.8) is 0 Å². The summed E-state index contributed by atoms with van der Waals surface area (Å²) in [6.07, 6.45) is 2.21. The summed E-state index contributed by atoms with van der Waals surface area (Å²) in [7, 11) is 0. The molecule has 0 rings (SSSR count). The largest absolute Gasteiger partial charge is 0.381 e. The molecule has 0 bridgehead atoms. The molecular formula is C11H13NO5. The van der Waals surface area contributed by atoms with Gasteiger partial charge in [-0.1, -0.05) is 13.0 Å². The van der Waals surface area contributed by atoms with Crippen molar-refractivity contribution in [2.45, 2.75) is 27.2 Å². The summed E-state index contributed by atoms with van der Waals surface area (Å²) in [4.78, 5) is 41.4. The number of nitrogens with zero attached hydrogens (tertiary/aromatic N) is 1. The Kier molecular flexibility index (Phi) is 6.26. The number of Topliss-reactive ketones (excluding diaryl/α,β-unsaturated/α-hetero) is 1. The first-order chi connectivity index (χ1) is 7.93. The normalized spacial score (nSPS) is 12.2. The minimum atomic E-state index is -1.57. The predicted molar refractivity (Wildman–Crippen MR) is 56.0 cm³/mol. The molecule has 0 spiro atoms. The van der Waals surface area contributed by atoms with Gasteiger partial charge in [-0.25, -0.2) is 19.4 Å². The predicted octanol–water partition coefficient (Wildman–Crippen LogP) is 1.07. The number of hydrogen-bond donors (Lipinski definition) is 0. The van der Waals surface area contributed by atoms with Crippen molar-refractivity contribution >= 4 is 17.7 Å². The standard InChI is InChI=1S/C11H13NO5/c1-4-5-7(2)10(14)16-17-11(15)9(6-12)8(3)13/h5,9H,4H2,1-3H3. The number of nitriles is 1. The number of ketones is 1. The van der Waals surface area contributed by atoms with Crippen LogP contribution in [0.25, 0.3) is 0 Å². The first-order valence-corrected chi connectivity index (χ1v) is 4.93. The fraction of sp³-hybridized carbons (Fsp3) is 0.455. The molecule has 0 radical (unpaired) electrons. The van der Waals surface area contributed by atoms with Crippen LogP contribution in [-0.4, -0.2) is 17.7 Å². The van der Waals surface area contributed by atoms with Crippen molar-refractivity contribution in [3.8, 4) is 6.07 Å². The van der Waals surface area contributed by atoms with E-state index in [1.54, 1.807) is 6.08 Å².